The second-order valence-electron chi connectivity index (χ2n) is 5.01. The van der Waals surface area contributed by atoms with Crippen molar-refractivity contribution in [3.63, 3.8) is 0 Å². The number of rotatable bonds is 8. The number of hydrogen-bond donors (Lipinski definition) is 3. The van der Waals surface area contributed by atoms with E-state index in [9.17, 15) is 9.59 Å². The maximum Gasteiger partial charge on any atom is 0.259 e. The largest absolute Gasteiger partial charge is 0.469 e. The number of carbonyl (C=O) groups is 2. The monoisotopic (exact) mass is 332 g/mol. The molecule has 0 aliphatic heterocycles. The van der Waals surface area contributed by atoms with Crippen molar-refractivity contribution in [2.45, 2.75) is 6.92 Å². The van der Waals surface area contributed by atoms with Crippen molar-refractivity contribution in [2.24, 2.45) is 0 Å². The molecule has 24 heavy (non-hydrogen) atoms. The Balaban J connectivity index is 1.85. The average molecular weight is 332 g/mol. The smallest absolute Gasteiger partial charge is 0.259 e. The normalized spacial score (nSPS) is 10.4. The highest BCUT2D eigenvalue weighted by atomic mass is 16.5. The van der Waals surface area contributed by atoms with Gasteiger partial charge in [-0.1, -0.05) is 0 Å². The number of aliphatic hydroxyl groups excluding tert-OH is 1. The summed E-state index contributed by atoms with van der Waals surface area (Å²) in [5.74, 6) is 0.0533. The van der Waals surface area contributed by atoms with Crippen LogP contribution in [0.5, 0.6) is 0 Å². The van der Waals surface area contributed by atoms with E-state index in [1.807, 2.05) is 0 Å². The van der Waals surface area contributed by atoms with Crippen LogP contribution < -0.4 is 10.6 Å². The summed E-state index contributed by atoms with van der Waals surface area (Å²) in [6.07, 6.45) is 1.46. The van der Waals surface area contributed by atoms with Crippen LogP contribution in [0.1, 0.15) is 26.5 Å². The van der Waals surface area contributed by atoms with Crippen LogP contribution >= 0.6 is 0 Å². The Kier molecular flexibility index (Phi) is 6.53. The third kappa shape index (κ3) is 4.94. The number of amides is 2. The van der Waals surface area contributed by atoms with Crippen LogP contribution in [0.2, 0.25) is 0 Å². The van der Waals surface area contributed by atoms with Crippen molar-refractivity contribution in [3.05, 3.63) is 53.5 Å². The number of anilines is 1. The van der Waals surface area contributed by atoms with E-state index in [0.29, 0.717) is 35.7 Å². The summed E-state index contributed by atoms with van der Waals surface area (Å²) >= 11 is 0. The van der Waals surface area contributed by atoms with E-state index in [2.05, 4.69) is 10.6 Å². The van der Waals surface area contributed by atoms with Crippen LogP contribution in [0.3, 0.4) is 0 Å². The van der Waals surface area contributed by atoms with Gasteiger partial charge in [0.15, 0.2) is 0 Å². The molecule has 0 saturated heterocycles. The summed E-state index contributed by atoms with van der Waals surface area (Å²) in [6, 6.07) is 8.17. The highest BCUT2D eigenvalue weighted by molar-refractivity contribution is 6.05. The zero-order valence-electron chi connectivity index (χ0n) is 13.4. The van der Waals surface area contributed by atoms with Crippen molar-refractivity contribution < 1.29 is 23.8 Å². The third-order valence-electron chi connectivity index (χ3n) is 3.28. The van der Waals surface area contributed by atoms with Gasteiger partial charge >= 0.3 is 0 Å². The number of carbonyl (C=O) groups excluding carboxylic acids is 2. The fraction of sp³-hybridized carbons (Fsp3) is 0.294. The number of benzene rings is 1. The Hall–Kier alpha value is -2.64. The lowest BCUT2D eigenvalue weighted by atomic mass is 10.2. The van der Waals surface area contributed by atoms with E-state index in [1.165, 1.54) is 6.26 Å². The van der Waals surface area contributed by atoms with Crippen LogP contribution in [0.15, 0.2) is 41.0 Å². The Bertz CT molecular complexity index is 679. The molecular formula is C17H20N2O5. The molecule has 0 aliphatic carbocycles. The van der Waals surface area contributed by atoms with Crippen LogP contribution in [-0.4, -0.2) is 43.3 Å². The van der Waals surface area contributed by atoms with Gasteiger partial charge < -0.3 is 24.9 Å². The van der Waals surface area contributed by atoms with E-state index in [0.717, 1.165) is 0 Å². The van der Waals surface area contributed by atoms with E-state index < -0.39 is 0 Å². The quantitative estimate of drug-likeness (QED) is 0.637. The first kappa shape index (κ1) is 17.7. The van der Waals surface area contributed by atoms with E-state index >= 15 is 0 Å². The standard InChI is InChI=1S/C17H20N2O5/c1-12-15(6-9-24-12)17(22)19-14-4-2-13(3-5-14)16(21)18-7-10-23-11-8-20/h2-6,9,20H,7-8,10-11H2,1H3,(H,18,21)(H,19,22). The van der Waals surface area contributed by atoms with Gasteiger partial charge in [0.1, 0.15) is 5.76 Å². The maximum absolute atomic E-state index is 12.1. The maximum atomic E-state index is 12.1. The molecule has 0 atom stereocenters. The van der Waals surface area contributed by atoms with Gasteiger partial charge in [-0.15, -0.1) is 0 Å². The molecule has 7 nitrogen and oxygen atoms in total. The third-order valence-corrected chi connectivity index (χ3v) is 3.28. The van der Waals surface area contributed by atoms with E-state index in [1.54, 1.807) is 37.3 Å². The van der Waals surface area contributed by atoms with Gasteiger partial charge in [-0.2, -0.15) is 0 Å². The van der Waals surface area contributed by atoms with Gasteiger partial charge in [0.25, 0.3) is 11.8 Å². The Morgan fingerprint density at radius 3 is 2.50 bits per heavy atom. The van der Waals surface area contributed by atoms with Crippen LogP contribution in [0.4, 0.5) is 5.69 Å². The Morgan fingerprint density at radius 1 is 1.12 bits per heavy atom. The molecule has 3 N–H and O–H groups in total. The molecule has 0 saturated carbocycles. The van der Waals surface area contributed by atoms with Crippen molar-refractivity contribution >= 4 is 17.5 Å². The van der Waals surface area contributed by atoms with Gasteiger partial charge in [-0.25, -0.2) is 0 Å². The van der Waals surface area contributed by atoms with Crippen LogP contribution in [0, 0.1) is 6.92 Å². The first-order valence-electron chi connectivity index (χ1n) is 7.54. The minimum absolute atomic E-state index is 0.0422. The first-order chi connectivity index (χ1) is 11.6. The summed E-state index contributed by atoms with van der Waals surface area (Å²) in [6.45, 7) is 2.62. The number of furan rings is 1. The molecule has 1 aromatic carbocycles. The number of nitrogens with one attached hydrogen (secondary N) is 2. The highest BCUT2D eigenvalue weighted by Crippen LogP contribution is 2.14. The first-order valence-corrected chi connectivity index (χ1v) is 7.54. The summed E-state index contributed by atoms with van der Waals surface area (Å²) in [7, 11) is 0. The molecule has 0 bridgehead atoms. The molecular weight excluding hydrogens is 312 g/mol. The molecule has 0 aliphatic rings. The van der Waals surface area contributed by atoms with E-state index in [-0.39, 0.29) is 25.0 Å². The molecule has 2 aromatic rings. The van der Waals surface area contributed by atoms with E-state index in [4.69, 9.17) is 14.3 Å². The molecule has 128 valence electrons. The molecule has 0 spiro atoms. The summed E-state index contributed by atoms with van der Waals surface area (Å²) < 4.78 is 10.2. The predicted molar refractivity (Wildman–Crippen MR) is 88.1 cm³/mol. The zero-order valence-corrected chi connectivity index (χ0v) is 13.4. The van der Waals surface area contributed by atoms with Gasteiger partial charge in [0.05, 0.1) is 31.6 Å². The van der Waals surface area contributed by atoms with Crippen molar-refractivity contribution in [1.29, 1.82) is 0 Å². The van der Waals surface area contributed by atoms with Gasteiger partial charge in [0, 0.05) is 17.8 Å². The predicted octanol–water partition coefficient (Wildman–Crippen LogP) is 1.58. The van der Waals surface area contributed by atoms with Gasteiger partial charge in [-0.3, -0.25) is 9.59 Å². The van der Waals surface area contributed by atoms with Crippen LogP contribution in [-0.2, 0) is 4.74 Å². The topological polar surface area (TPSA) is 101 Å². The van der Waals surface area contributed by atoms with Crippen LogP contribution in [0.25, 0.3) is 0 Å². The molecule has 1 heterocycles. The molecule has 2 rings (SSSR count). The summed E-state index contributed by atoms with van der Waals surface area (Å²) in [4.78, 5) is 24.0. The molecule has 0 fully saturated rings. The SMILES string of the molecule is Cc1occc1C(=O)Nc1ccc(C(=O)NCCOCCO)cc1. The number of aryl methyl sites for hydroxylation is 1. The average Bonchev–Trinajstić information content (AvgIpc) is 3.01. The summed E-state index contributed by atoms with van der Waals surface area (Å²) in [5, 5.41) is 14.0. The molecule has 2 amide bonds. The zero-order chi connectivity index (χ0) is 17.4. The molecule has 0 unspecified atom stereocenters. The number of aliphatic hydroxyl groups is 1. The lowest BCUT2D eigenvalue weighted by molar-refractivity contribution is 0.0838. The van der Waals surface area contributed by atoms with Crippen molar-refractivity contribution in [2.75, 3.05) is 31.7 Å². The van der Waals surface area contributed by atoms with Crippen molar-refractivity contribution in [1.82, 2.24) is 5.32 Å². The number of hydrogen-bond acceptors (Lipinski definition) is 5. The lowest BCUT2D eigenvalue weighted by Gasteiger charge is -2.07. The fourth-order valence-electron chi connectivity index (χ4n) is 2.03. The number of ether oxygens (including phenoxy) is 1. The second-order valence-corrected chi connectivity index (χ2v) is 5.01. The van der Waals surface area contributed by atoms with Gasteiger partial charge in [-0.05, 0) is 37.3 Å². The second kappa shape index (κ2) is 8.85. The Morgan fingerprint density at radius 2 is 1.88 bits per heavy atom. The molecule has 0 radical (unpaired) electrons. The minimum atomic E-state index is -0.264. The Labute approximate surface area is 139 Å². The molecule has 1 aromatic heterocycles. The minimum Gasteiger partial charge on any atom is -0.469 e. The molecule has 7 heteroatoms. The van der Waals surface area contributed by atoms with Crippen molar-refractivity contribution in [3.8, 4) is 0 Å². The lowest BCUT2D eigenvalue weighted by Crippen LogP contribution is -2.27. The fourth-order valence-corrected chi connectivity index (χ4v) is 2.03. The highest BCUT2D eigenvalue weighted by Gasteiger charge is 2.12. The van der Waals surface area contributed by atoms with Gasteiger partial charge in [0.2, 0.25) is 0 Å². The summed E-state index contributed by atoms with van der Waals surface area (Å²) in [5.41, 5.74) is 1.54.